The van der Waals surface area contributed by atoms with Crippen molar-refractivity contribution in [1.29, 1.82) is 0 Å². The predicted molar refractivity (Wildman–Crippen MR) is 116 cm³/mol. The fraction of sp³-hybridized carbons (Fsp3) is 0.471. The fourth-order valence-corrected chi connectivity index (χ4v) is 5.50. The average molecular weight is 625 g/mol. The van der Waals surface area contributed by atoms with E-state index in [9.17, 15) is 42.9 Å². The molecule has 2 heterocycles. The number of phosphoric ester groups is 1. The summed E-state index contributed by atoms with van der Waals surface area (Å²) in [6.45, 7) is -2.30. The van der Waals surface area contributed by atoms with Crippen LogP contribution < -0.4 is 0 Å². The van der Waals surface area contributed by atoms with E-state index in [2.05, 4.69) is 24.8 Å². The molecule has 0 bridgehead atoms. The Labute approximate surface area is 210 Å². The summed E-state index contributed by atoms with van der Waals surface area (Å²) in [4.78, 5) is 40.3. The van der Waals surface area contributed by atoms with Crippen LogP contribution in [-0.4, -0.2) is 89.8 Å². The van der Waals surface area contributed by atoms with Crippen LogP contribution in [0.4, 0.5) is 8.78 Å². The summed E-state index contributed by atoms with van der Waals surface area (Å²) in [5.74, 6) is -4.61. The summed E-state index contributed by atoms with van der Waals surface area (Å²) < 4.78 is 65.0. The van der Waals surface area contributed by atoms with Gasteiger partial charge in [0, 0.05) is 11.8 Å². The van der Waals surface area contributed by atoms with Crippen LogP contribution in [0.2, 0.25) is 0 Å². The molecule has 6 atom stereocenters. The minimum Gasteiger partial charge on any atom is -0.387 e. The van der Waals surface area contributed by atoms with Crippen molar-refractivity contribution in [2.45, 2.75) is 36.8 Å². The minimum atomic E-state index is -5.42. The summed E-state index contributed by atoms with van der Waals surface area (Å²) in [6.07, 6.45) is -8.18. The van der Waals surface area contributed by atoms with Crippen molar-refractivity contribution in [2.24, 2.45) is 0 Å². The van der Waals surface area contributed by atoms with Gasteiger partial charge < -0.3 is 39.6 Å². The van der Waals surface area contributed by atoms with Crippen molar-refractivity contribution in [3.63, 3.8) is 0 Å². The second-order valence-electron chi connectivity index (χ2n) is 7.66. The van der Waals surface area contributed by atoms with Crippen LogP contribution in [0.15, 0.2) is 41.0 Å². The number of hydrogen-bond donors (Lipinski definition) is 6. The molecule has 1 fully saturated rings. The highest BCUT2D eigenvalue weighted by Crippen LogP contribution is 2.57. The van der Waals surface area contributed by atoms with E-state index in [-0.39, 0.29) is 4.48 Å². The number of ether oxygens (including phenoxy) is 1. The molecule has 0 spiro atoms. The van der Waals surface area contributed by atoms with Gasteiger partial charge in [-0.1, -0.05) is 30.3 Å². The number of carbonyl (C=O) groups is 1. The maximum Gasteiger partial charge on any atom is 0.481 e. The van der Waals surface area contributed by atoms with E-state index in [1.165, 1.54) is 18.2 Å². The topological polar surface area (TPSA) is 207 Å². The Bertz CT molecular complexity index is 1090. The van der Waals surface area contributed by atoms with Crippen LogP contribution in [0.3, 0.4) is 0 Å². The Kier molecular flexibility index (Phi) is 8.77. The van der Waals surface area contributed by atoms with E-state index in [1.54, 1.807) is 0 Å². The molecule has 202 valence electrons. The second-order valence-corrected chi connectivity index (χ2v) is 11.3. The summed E-state index contributed by atoms with van der Waals surface area (Å²) >= 11 is 2.90. The number of nitrogens with zero attached hydrogens (tertiary/aromatic N) is 2. The number of rotatable bonds is 9. The molecule has 1 amide bonds. The van der Waals surface area contributed by atoms with Crippen molar-refractivity contribution in [3.8, 4) is 0 Å². The van der Waals surface area contributed by atoms with E-state index >= 15 is 0 Å². The number of aliphatic hydroxyl groups is 3. The summed E-state index contributed by atoms with van der Waals surface area (Å²) in [5, 5.41) is 31.3. The number of halogens is 3. The average Bonchev–Trinajstić information content (AvgIpc) is 3.05. The number of phosphoric acid groups is 2. The molecule has 36 heavy (non-hydrogen) atoms. The van der Waals surface area contributed by atoms with Gasteiger partial charge in [-0.25, -0.2) is 9.13 Å². The molecular formula is C17H21BrF2N2O12P2. The highest BCUT2D eigenvalue weighted by atomic mass is 79.9. The van der Waals surface area contributed by atoms with Crippen LogP contribution in [0, 0.1) is 0 Å². The normalized spacial score (nSPS) is 29.3. The van der Waals surface area contributed by atoms with E-state index in [1.807, 2.05) is 0 Å². The van der Waals surface area contributed by atoms with Crippen LogP contribution in [-0.2, 0) is 33.4 Å². The quantitative estimate of drug-likeness (QED) is 0.202. The first-order valence-corrected chi connectivity index (χ1v) is 13.7. The molecule has 1 aromatic rings. The maximum absolute atomic E-state index is 14.8. The van der Waals surface area contributed by atoms with Crippen molar-refractivity contribution in [1.82, 2.24) is 9.80 Å². The van der Waals surface area contributed by atoms with Gasteiger partial charge in [0.25, 0.3) is 11.8 Å². The molecule has 0 aromatic heterocycles. The van der Waals surface area contributed by atoms with Crippen molar-refractivity contribution < 1.29 is 66.3 Å². The van der Waals surface area contributed by atoms with Crippen molar-refractivity contribution in [3.05, 3.63) is 46.6 Å². The third-order valence-electron chi connectivity index (χ3n) is 5.08. The molecular weight excluding hydrogens is 604 g/mol. The molecule has 6 N–H and O–H groups in total. The highest BCUT2D eigenvalue weighted by molar-refractivity contribution is 9.12. The Morgan fingerprint density at radius 2 is 1.69 bits per heavy atom. The molecule has 14 nitrogen and oxygen atoms in total. The summed E-state index contributed by atoms with van der Waals surface area (Å²) in [6, 6.07) is 6.50. The molecule has 0 saturated carbocycles. The standard InChI is InChI=1S/C17H21BrF2N2O12P2/c18-10-6-21(16(26)22(14(10)25)8-17(19,20)9-4-2-1-3-5-9)15-13(24)12(23)11(33-15)7-32-36(30,31)34-35(27,28)29/h1-6,11-13,15-16,23-24,26H,7-8H2,(H,30,31)(H2,27,28,29)/t11-,12+,13?,15-,16?/m1/s1. The molecule has 0 radical (unpaired) electrons. The number of aliphatic hydroxyl groups excluding tert-OH is 3. The molecule has 1 aromatic carbocycles. The first-order chi connectivity index (χ1) is 16.5. The van der Waals surface area contributed by atoms with Crippen LogP contribution in [0.1, 0.15) is 5.56 Å². The largest absolute Gasteiger partial charge is 0.481 e. The lowest BCUT2D eigenvalue weighted by molar-refractivity contribution is -0.202. The fourth-order valence-electron chi connectivity index (χ4n) is 3.44. The number of amides is 1. The minimum absolute atomic E-state index is 0.309. The number of alkyl halides is 2. The molecule has 1 saturated heterocycles. The van der Waals surface area contributed by atoms with Crippen LogP contribution >= 0.6 is 31.6 Å². The van der Waals surface area contributed by atoms with Crippen molar-refractivity contribution >= 4 is 37.5 Å². The maximum atomic E-state index is 14.8. The van der Waals surface area contributed by atoms with Gasteiger partial charge in [-0.2, -0.15) is 13.1 Å². The van der Waals surface area contributed by atoms with E-state index in [0.29, 0.717) is 4.90 Å². The van der Waals surface area contributed by atoms with Gasteiger partial charge in [0.15, 0.2) is 6.23 Å². The summed E-state index contributed by atoms with van der Waals surface area (Å²) in [5.41, 5.74) is -0.432. The van der Waals surface area contributed by atoms with Gasteiger partial charge in [0.1, 0.15) is 18.3 Å². The number of hydrogen-bond acceptors (Lipinski definition) is 10. The highest BCUT2D eigenvalue weighted by Gasteiger charge is 2.51. The summed E-state index contributed by atoms with van der Waals surface area (Å²) in [7, 11) is -10.7. The Hall–Kier alpha value is -1.33. The lowest BCUT2D eigenvalue weighted by atomic mass is 10.1. The SMILES string of the molecule is O=C1C(Br)=CN([C@@H]2O[C@H](COP(=O)(O)OP(=O)(O)O)[C@H](O)C2O)C(O)N1CC(F)(F)c1ccccc1. The van der Waals surface area contributed by atoms with Crippen LogP contribution in [0.5, 0.6) is 0 Å². The van der Waals surface area contributed by atoms with Gasteiger partial charge in [-0.05, 0) is 15.9 Å². The van der Waals surface area contributed by atoms with Crippen LogP contribution in [0.25, 0.3) is 0 Å². The first kappa shape index (κ1) is 29.2. The van der Waals surface area contributed by atoms with E-state index in [4.69, 9.17) is 14.5 Å². The number of carbonyl (C=O) groups excluding carboxylic acids is 1. The zero-order valence-electron chi connectivity index (χ0n) is 17.8. The van der Waals surface area contributed by atoms with Gasteiger partial charge in [0.2, 0.25) is 6.35 Å². The smallest absolute Gasteiger partial charge is 0.387 e. The number of benzene rings is 1. The molecule has 3 unspecified atom stereocenters. The van der Waals surface area contributed by atoms with Gasteiger partial charge in [-0.3, -0.25) is 14.2 Å². The Morgan fingerprint density at radius 3 is 2.28 bits per heavy atom. The third-order valence-corrected chi connectivity index (χ3v) is 7.78. The third kappa shape index (κ3) is 6.75. The second kappa shape index (κ2) is 10.8. The van der Waals surface area contributed by atoms with Gasteiger partial charge in [-0.15, -0.1) is 0 Å². The first-order valence-electron chi connectivity index (χ1n) is 9.85. The monoisotopic (exact) mass is 624 g/mol. The zero-order valence-corrected chi connectivity index (χ0v) is 21.2. The predicted octanol–water partition coefficient (Wildman–Crippen LogP) is 0.108. The molecule has 19 heteroatoms. The van der Waals surface area contributed by atoms with Gasteiger partial charge >= 0.3 is 15.6 Å². The molecule has 3 rings (SSSR count). The van der Waals surface area contributed by atoms with E-state index in [0.717, 1.165) is 23.2 Å². The molecule has 2 aliphatic heterocycles. The lowest BCUT2D eigenvalue weighted by Crippen LogP contribution is -2.59. The zero-order chi connectivity index (χ0) is 27.1. The van der Waals surface area contributed by atoms with E-state index < -0.39 is 77.1 Å². The lowest BCUT2D eigenvalue weighted by Gasteiger charge is -2.43. The Balaban J connectivity index is 1.76. The van der Waals surface area contributed by atoms with Gasteiger partial charge in [0.05, 0.1) is 17.6 Å². The Morgan fingerprint density at radius 1 is 1.08 bits per heavy atom. The van der Waals surface area contributed by atoms with Crippen molar-refractivity contribution in [2.75, 3.05) is 13.2 Å². The molecule has 0 aliphatic carbocycles. The molecule has 2 aliphatic rings.